The van der Waals surface area contributed by atoms with Gasteiger partial charge in [0.15, 0.2) is 17.1 Å². The average Bonchev–Trinajstić information content (AvgIpc) is 3.22. The molecule has 7 nitrogen and oxygen atoms in total. The number of carbonyl (C=O) groups is 1. The summed E-state index contributed by atoms with van der Waals surface area (Å²) in [5, 5.41) is 6.70. The molecule has 1 amide bonds. The third-order valence-corrected chi connectivity index (χ3v) is 4.96. The number of hydrogen-bond donors (Lipinski definition) is 1. The molecule has 0 aliphatic rings. The Kier molecular flexibility index (Phi) is 5.72. The summed E-state index contributed by atoms with van der Waals surface area (Å²) in [6.07, 6.45) is -1.57. The minimum atomic E-state index is -2.80. The van der Waals surface area contributed by atoms with Crippen LogP contribution in [-0.2, 0) is 0 Å². The largest absolute Gasteiger partial charge is 0.493 e. The lowest BCUT2D eigenvalue weighted by molar-refractivity contribution is 0.102. The molecule has 164 valence electrons. The van der Waals surface area contributed by atoms with Crippen molar-refractivity contribution in [3.63, 3.8) is 0 Å². The third kappa shape index (κ3) is 3.96. The monoisotopic (exact) mass is 438 g/mol. The topological polar surface area (TPSA) is 77.8 Å². The van der Waals surface area contributed by atoms with Gasteiger partial charge in [-0.3, -0.25) is 4.79 Å². The number of benzene rings is 2. The first-order chi connectivity index (χ1) is 15.4. The molecule has 0 radical (unpaired) electrons. The fraction of sp³-hybridized carbons (Fsp3) is 0.174. The number of aryl methyl sites for hydroxylation is 1. The SMILES string of the molecule is COc1ccc(NC(=O)c2cnn3c(C(F)F)cc(-c4ccc(C)cc4)nc23)cc1OC. The highest BCUT2D eigenvalue weighted by molar-refractivity contribution is 6.08. The van der Waals surface area contributed by atoms with Crippen LogP contribution in [0.1, 0.15) is 28.0 Å². The van der Waals surface area contributed by atoms with Gasteiger partial charge in [0.05, 0.1) is 26.1 Å². The van der Waals surface area contributed by atoms with Crippen molar-refractivity contribution in [2.45, 2.75) is 13.3 Å². The van der Waals surface area contributed by atoms with Crippen LogP contribution < -0.4 is 14.8 Å². The van der Waals surface area contributed by atoms with Crippen molar-refractivity contribution in [3.05, 3.63) is 71.5 Å². The Morgan fingerprint density at radius 1 is 1.03 bits per heavy atom. The molecule has 4 aromatic rings. The van der Waals surface area contributed by atoms with Crippen molar-refractivity contribution >= 4 is 17.2 Å². The molecule has 2 heterocycles. The Bertz CT molecular complexity index is 1290. The van der Waals surface area contributed by atoms with E-state index >= 15 is 0 Å². The second-order valence-corrected chi connectivity index (χ2v) is 7.05. The van der Waals surface area contributed by atoms with Crippen molar-refractivity contribution in [2.24, 2.45) is 0 Å². The van der Waals surface area contributed by atoms with Gasteiger partial charge in [-0.25, -0.2) is 18.3 Å². The number of aromatic nitrogens is 3. The minimum Gasteiger partial charge on any atom is -0.493 e. The van der Waals surface area contributed by atoms with Crippen molar-refractivity contribution in [1.82, 2.24) is 14.6 Å². The summed E-state index contributed by atoms with van der Waals surface area (Å²) >= 11 is 0. The predicted octanol–water partition coefficient (Wildman–Crippen LogP) is 4.91. The van der Waals surface area contributed by atoms with E-state index in [1.54, 1.807) is 30.3 Å². The molecular formula is C23H20F2N4O3. The number of alkyl halides is 2. The van der Waals surface area contributed by atoms with Crippen LogP contribution in [0.2, 0.25) is 0 Å². The maximum atomic E-state index is 13.8. The number of ether oxygens (including phenoxy) is 2. The summed E-state index contributed by atoms with van der Waals surface area (Å²) in [7, 11) is 2.99. The first-order valence-electron chi connectivity index (χ1n) is 9.68. The van der Waals surface area contributed by atoms with E-state index in [-0.39, 0.29) is 16.9 Å². The highest BCUT2D eigenvalue weighted by Crippen LogP contribution is 2.31. The minimum absolute atomic E-state index is 0.0383. The van der Waals surface area contributed by atoms with E-state index in [4.69, 9.17) is 9.47 Å². The first kappa shape index (κ1) is 21.2. The maximum absolute atomic E-state index is 13.8. The summed E-state index contributed by atoms with van der Waals surface area (Å²) < 4.78 is 38.9. The summed E-state index contributed by atoms with van der Waals surface area (Å²) in [6, 6.07) is 13.5. The fourth-order valence-corrected chi connectivity index (χ4v) is 3.29. The molecule has 9 heteroatoms. The van der Waals surface area contributed by atoms with E-state index in [1.807, 2.05) is 19.1 Å². The number of nitrogens with one attached hydrogen (secondary N) is 1. The van der Waals surface area contributed by atoms with Crippen molar-refractivity contribution in [3.8, 4) is 22.8 Å². The molecule has 0 bridgehead atoms. The molecular weight excluding hydrogens is 418 g/mol. The zero-order valence-electron chi connectivity index (χ0n) is 17.6. The zero-order valence-corrected chi connectivity index (χ0v) is 17.6. The highest BCUT2D eigenvalue weighted by Gasteiger charge is 2.22. The van der Waals surface area contributed by atoms with Crippen LogP contribution >= 0.6 is 0 Å². The van der Waals surface area contributed by atoms with Gasteiger partial charge >= 0.3 is 0 Å². The summed E-state index contributed by atoms with van der Waals surface area (Å²) in [4.78, 5) is 17.4. The van der Waals surface area contributed by atoms with Crippen molar-refractivity contribution in [1.29, 1.82) is 0 Å². The average molecular weight is 438 g/mol. The van der Waals surface area contributed by atoms with Crippen LogP contribution in [-0.4, -0.2) is 34.7 Å². The maximum Gasteiger partial charge on any atom is 0.280 e. The summed E-state index contributed by atoms with van der Waals surface area (Å²) in [5.74, 6) is 0.401. The Hall–Kier alpha value is -4.01. The van der Waals surface area contributed by atoms with E-state index in [0.717, 1.165) is 10.1 Å². The first-order valence-corrected chi connectivity index (χ1v) is 9.68. The summed E-state index contributed by atoms with van der Waals surface area (Å²) in [5.41, 5.74) is 2.21. The number of methoxy groups -OCH3 is 2. The van der Waals surface area contributed by atoms with Gasteiger partial charge in [-0.15, -0.1) is 0 Å². The van der Waals surface area contributed by atoms with Crippen LogP contribution in [0.5, 0.6) is 11.5 Å². The molecule has 0 spiro atoms. The van der Waals surface area contributed by atoms with Crippen LogP contribution in [0, 0.1) is 6.92 Å². The Morgan fingerprint density at radius 2 is 1.75 bits per heavy atom. The smallest absolute Gasteiger partial charge is 0.280 e. The molecule has 0 unspecified atom stereocenters. The molecule has 32 heavy (non-hydrogen) atoms. The number of carbonyl (C=O) groups excluding carboxylic acids is 1. The lowest BCUT2D eigenvalue weighted by Gasteiger charge is -2.11. The normalized spacial score (nSPS) is 11.1. The van der Waals surface area contributed by atoms with Gasteiger partial charge in [0, 0.05) is 17.3 Å². The number of halogens is 2. The van der Waals surface area contributed by atoms with Crippen molar-refractivity contribution in [2.75, 3.05) is 19.5 Å². The van der Waals surface area contributed by atoms with E-state index in [9.17, 15) is 13.6 Å². The lowest BCUT2D eigenvalue weighted by Crippen LogP contribution is -2.13. The third-order valence-electron chi connectivity index (χ3n) is 4.96. The molecule has 0 aliphatic heterocycles. The number of rotatable bonds is 6. The van der Waals surface area contributed by atoms with Crippen LogP contribution in [0.15, 0.2) is 54.7 Å². The molecule has 0 saturated heterocycles. The van der Waals surface area contributed by atoms with Gasteiger partial charge in [0.25, 0.3) is 12.3 Å². The Morgan fingerprint density at radius 3 is 2.41 bits per heavy atom. The van der Waals surface area contributed by atoms with E-state index < -0.39 is 12.3 Å². The Balaban J connectivity index is 1.76. The molecule has 0 saturated carbocycles. The van der Waals surface area contributed by atoms with Gasteiger partial charge in [0.2, 0.25) is 0 Å². The quantitative estimate of drug-likeness (QED) is 0.463. The van der Waals surface area contributed by atoms with E-state index in [1.165, 1.54) is 26.5 Å². The molecule has 2 aromatic carbocycles. The van der Waals surface area contributed by atoms with E-state index in [2.05, 4.69) is 15.4 Å². The second kappa shape index (κ2) is 8.62. The van der Waals surface area contributed by atoms with Crippen LogP contribution in [0.3, 0.4) is 0 Å². The molecule has 0 aliphatic carbocycles. The highest BCUT2D eigenvalue weighted by atomic mass is 19.3. The second-order valence-electron chi connectivity index (χ2n) is 7.05. The molecule has 0 atom stereocenters. The number of hydrogen-bond acceptors (Lipinski definition) is 5. The van der Waals surface area contributed by atoms with Gasteiger partial charge < -0.3 is 14.8 Å². The zero-order chi connectivity index (χ0) is 22.8. The molecule has 4 rings (SSSR count). The van der Waals surface area contributed by atoms with Gasteiger partial charge in [-0.1, -0.05) is 29.8 Å². The van der Waals surface area contributed by atoms with Gasteiger partial charge in [-0.05, 0) is 25.1 Å². The number of anilines is 1. The van der Waals surface area contributed by atoms with Crippen LogP contribution in [0.25, 0.3) is 16.9 Å². The molecule has 1 N–H and O–H groups in total. The summed E-state index contributed by atoms with van der Waals surface area (Å²) in [6.45, 7) is 1.93. The molecule has 0 fully saturated rings. The van der Waals surface area contributed by atoms with Gasteiger partial charge in [0.1, 0.15) is 11.3 Å². The number of nitrogens with zero attached hydrogens (tertiary/aromatic N) is 3. The van der Waals surface area contributed by atoms with Crippen LogP contribution in [0.4, 0.5) is 14.5 Å². The van der Waals surface area contributed by atoms with Gasteiger partial charge in [-0.2, -0.15) is 5.10 Å². The predicted molar refractivity (Wildman–Crippen MR) is 116 cm³/mol. The van der Waals surface area contributed by atoms with E-state index in [0.29, 0.717) is 28.4 Å². The fourth-order valence-electron chi connectivity index (χ4n) is 3.29. The lowest BCUT2D eigenvalue weighted by atomic mass is 10.1. The molecule has 2 aromatic heterocycles. The Labute approximate surface area is 182 Å². The number of fused-ring (bicyclic) bond motifs is 1. The van der Waals surface area contributed by atoms with Crippen molar-refractivity contribution < 1.29 is 23.0 Å². The standard InChI is InChI=1S/C23H20F2N4O3/c1-13-4-6-14(7-5-13)17-11-18(21(24)25)29-22(28-17)16(12-26-29)23(30)27-15-8-9-19(31-2)20(10-15)32-3/h4-12,21H,1-3H3,(H,27,30). The number of amides is 1.